The summed E-state index contributed by atoms with van der Waals surface area (Å²) in [6, 6.07) is 0. The lowest BCUT2D eigenvalue weighted by Gasteiger charge is -1.95. The molecular formula is C6H7N3O2. The van der Waals surface area contributed by atoms with Crippen molar-refractivity contribution in [3.05, 3.63) is 12.0 Å². The third-order valence-corrected chi connectivity index (χ3v) is 1.46. The molecule has 0 aromatic carbocycles. The molecule has 1 aliphatic rings. The summed E-state index contributed by atoms with van der Waals surface area (Å²) >= 11 is 0. The molecule has 2 N–H and O–H groups in total. The molecule has 0 bridgehead atoms. The molecule has 5 nitrogen and oxygen atoms in total. The number of H-pyrrole nitrogens is 1. The lowest BCUT2D eigenvalue weighted by Crippen LogP contribution is -2.24. The van der Waals surface area contributed by atoms with Gasteiger partial charge in [-0.3, -0.25) is 4.79 Å². The summed E-state index contributed by atoms with van der Waals surface area (Å²) in [6.45, 7) is 1.01. The van der Waals surface area contributed by atoms with Gasteiger partial charge in [-0.1, -0.05) is 0 Å². The number of hydrogen-bond acceptors (Lipinski definition) is 3. The molecule has 0 fully saturated rings. The minimum atomic E-state index is -0.157. The van der Waals surface area contributed by atoms with Crippen molar-refractivity contribution >= 4 is 5.91 Å². The quantitative estimate of drug-likeness (QED) is 0.529. The summed E-state index contributed by atoms with van der Waals surface area (Å²) < 4.78 is 5.13. The molecule has 0 unspecified atom stereocenters. The van der Waals surface area contributed by atoms with Crippen LogP contribution in [0.1, 0.15) is 10.5 Å². The highest BCUT2D eigenvalue weighted by Gasteiger charge is 2.17. The second-order valence-electron chi connectivity index (χ2n) is 2.19. The van der Waals surface area contributed by atoms with Gasteiger partial charge in [-0.2, -0.15) is 0 Å². The van der Waals surface area contributed by atoms with E-state index in [0.29, 0.717) is 24.7 Å². The van der Waals surface area contributed by atoms with Crippen molar-refractivity contribution < 1.29 is 9.53 Å². The molecule has 0 aliphatic carbocycles. The van der Waals surface area contributed by atoms with E-state index in [1.165, 1.54) is 6.33 Å². The van der Waals surface area contributed by atoms with Crippen molar-refractivity contribution in [2.45, 2.75) is 0 Å². The van der Waals surface area contributed by atoms with Gasteiger partial charge in [0.2, 0.25) is 5.88 Å². The van der Waals surface area contributed by atoms with Crippen molar-refractivity contribution in [2.75, 3.05) is 13.2 Å². The highest BCUT2D eigenvalue weighted by Crippen LogP contribution is 2.13. The summed E-state index contributed by atoms with van der Waals surface area (Å²) in [4.78, 5) is 17.6. The fourth-order valence-electron chi connectivity index (χ4n) is 0.955. The number of carbonyl (C=O) groups is 1. The minimum absolute atomic E-state index is 0.157. The van der Waals surface area contributed by atoms with E-state index in [0.717, 1.165) is 0 Å². The molecule has 1 aromatic heterocycles. The Labute approximate surface area is 62.8 Å². The number of imidazole rings is 1. The number of nitrogens with one attached hydrogen (secondary N) is 2. The number of amides is 1. The first-order valence-electron chi connectivity index (χ1n) is 3.32. The fraction of sp³-hybridized carbons (Fsp3) is 0.333. The molecule has 0 saturated heterocycles. The molecule has 0 radical (unpaired) electrons. The molecule has 58 valence electrons. The Hall–Kier alpha value is -1.52. The van der Waals surface area contributed by atoms with Crippen LogP contribution < -0.4 is 10.1 Å². The number of aromatic nitrogens is 2. The third kappa shape index (κ3) is 0.938. The fourth-order valence-corrected chi connectivity index (χ4v) is 0.955. The summed E-state index contributed by atoms with van der Waals surface area (Å²) in [5.41, 5.74) is 0.405. The van der Waals surface area contributed by atoms with Crippen LogP contribution in [-0.4, -0.2) is 29.0 Å². The second kappa shape index (κ2) is 2.26. The number of hydrogen-bond donors (Lipinski definition) is 2. The standard InChI is InChI=1S/C6H7N3O2/c10-5-4-6(9-3-8-4)11-2-1-7-5/h3H,1-2H2,(H,7,10)(H,8,9). The smallest absolute Gasteiger partial charge is 0.273 e. The van der Waals surface area contributed by atoms with Crippen molar-refractivity contribution in [1.29, 1.82) is 0 Å². The molecule has 1 aromatic rings. The van der Waals surface area contributed by atoms with Crippen molar-refractivity contribution in [2.24, 2.45) is 0 Å². The van der Waals surface area contributed by atoms with Crippen LogP contribution in [0.3, 0.4) is 0 Å². The number of ether oxygens (including phenoxy) is 1. The molecule has 11 heavy (non-hydrogen) atoms. The summed E-state index contributed by atoms with van der Waals surface area (Å²) in [7, 11) is 0. The predicted molar refractivity (Wildman–Crippen MR) is 36.4 cm³/mol. The molecule has 0 spiro atoms. The van der Waals surface area contributed by atoms with Gasteiger partial charge in [-0.05, 0) is 0 Å². The van der Waals surface area contributed by atoms with E-state index in [1.807, 2.05) is 0 Å². The van der Waals surface area contributed by atoms with E-state index < -0.39 is 0 Å². The van der Waals surface area contributed by atoms with E-state index in [1.54, 1.807) is 0 Å². The van der Waals surface area contributed by atoms with Crippen LogP contribution in [0.25, 0.3) is 0 Å². The van der Waals surface area contributed by atoms with Gasteiger partial charge in [-0.25, -0.2) is 4.98 Å². The van der Waals surface area contributed by atoms with Crippen molar-refractivity contribution in [1.82, 2.24) is 15.3 Å². The number of aromatic amines is 1. The molecule has 1 aliphatic heterocycles. The number of carbonyl (C=O) groups excluding carboxylic acids is 1. The largest absolute Gasteiger partial charge is 0.474 e. The maximum atomic E-state index is 11.1. The number of nitrogens with zero attached hydrogens (tertiary/aromatic N) is 1. The maximum Gasteiger partial charge on any atom is 0.273 e. The first-order valence-corrected chi connectivity index (χ1v) is 3.32. The van der Waals surface area contributed by atoms with Crippen LogP contribution in [0.5, 0.6) is 5.88 Å². The first-order chi connectivity index (χ1) is 5.38. The number of fused-ring (bicyclic) bond motifs is 1. The molecule has 1 amide bonds. The second-order valence-corrected chi connectivity index (χ2v) is 2.19. The highest BCUT2D eigenvalue weighted by atomic mass is 16.5. The zero-order valence-corrected chi connectivity index (χ0v) is 5.76. The van der Waals surface area contributed by atoms with Crippen LogP contribution in [0.2, 0.25) is 0 Å². The SMILES string of the molecule is O=C1NCCOc2nc[nH]c21. The summed E-state index contributed by atoms with van der Waals surface area (Å²) in [5, 5.41) is 2.65. The third-order valence-electron chi connectivity index (χ3n) is 1.46. The van der Waals surface area contributed by atoms with E-state index in [9.17, 15) is 4.79 Å². The van der Waals surface area contributed by atoms with Gasteiger partial charge in [0.05, 0.1) is 12.9 Å². The molecule has 0 atom stereocenters. The first kappa shape index (κ1) is 6.21. The Morgan fingerprint density at radius 1 is 1.64 bits per heavy atom. The van der Waals surface area contributed by atoms with Crippen LogP contribution in [0, 0.1) is 0 Å². The normalized spacial score (nSPS) is 16.2. The van der Waals surface area contributed by atoms with E-state index in [4.69, 9.17) is 4.74 Å². The summed E-state index contributed by atoms with van der Waals surface area (Å²) in [5.74, 6) is 0.231. The van der Waals surface area contributed by atoms with Gasteiger partial charge in [0.15, 0.2) is 5.69 Å². The Balaban J connectivity index is 2.41. The Kier molecular flexibility index (Phi) is 1.28. The van der Waals surface area contributed by atoms with Gasteiger partial charge >= 0.3 is 0 Å². The van der Waals surface area contributed by atoms with E-state index >= 15 is 0 Å². The zero-order chi connectivity index (χ0) is 7.68. The van der Waals surface area contributed by atoms with Gasteiger partial charge < -0.3 is 15.0 Å². The lowest BCUT2D eigenvalue weighted by molar-refractivity contribution is 0.0953. The molecule has 0 saturated carbocycles. The molecule has 5 heteroatoms. The van der Waals surface area contributed by atoms with Gasteiger partial charge in [0, 0.05) is 0 Å². The van der Waals surface area contributed by atoms with E-state index in [-0.39, 0.29) is 5.91 Å². The van der Waals surface area contributed by atoms with Crippen molar-refractivity contribution in [3.63, 3.8) is 0 Å². The number of rotatable bonds is 0. The molecular weight excluding hydrogens is 146 g/mol. The highest BCUT2D eigenvalue weighted by molar-refractivity contribution is 5.94. The molecule has 2 heterocycles. The Morgan fingerprint density at radius 2 is 2.55 bits per heavy atom. The Bertz CT molecular complexity index is 281. The molecule has 2 rings (SSSR count). The van der Waals surface area contributed by atoms with Gasteiger partial charge in [0.1, 0.15) is 6.61 Å². The summed E-state index contributed by atoms with van der Waals surface area (Å²) in [6.07, 6.45) is 1.44. The topological polar surface area (TPSA) is 67.0 Å². The lowest BCUT2D eigenvalue weighted by atomic mass is 10.4. The van der Waals surface area contributed by atoms with Crippen LogP contribution in [0.15, 0.2) is 6.33 Å². The minimum Gasteiger partial charge on any atom is -0.474 e. The zero-order valence-electron chi connectivity index (χ0n) is 5.76. The van der Waals surface area contributed by atoms with Gasteiger partial charge in [-0.15, -0.1) is 0 Å². The average Bonchev–Trinajstić information content (AvgIpc) is 2.40. The monoisotopic (exact) mass is 153 g/mol. The maximum absolute atomic E-state index is 11.1. The predicted octanol–water partition coefficient (Wildman–Crippen LogP) is -0.468. The average molecular weight is 153 g/mol. The van der Waals surface area contributed by atoms with Crippen LogP contribution in [0.4, 0.5) is 0 Å². The Morgan fingerprint density at radius 3 is 3.45 bits per heavy atom. The van der Waals surface area contributed by atoms with Gasteiger partial charge in [0.25, 0.3) is 5.91 Å². The van der Waals surface area contributed by atoms with Crippen molar-refractivity contribution in [3.8, 4) is 5.88 Å². The van der Waals surface area contributed by atoms with Crippen LogP contribution >= 0.6 is 0 Å². The van der Waals surface area contributed by atoms with E-state index in [2.05, 4.69) is 15.3 Å². The van der Waals surface area contributed by atoms with Crippen LogP contribution in [-0.2, 0) is 0 Å².